The van der Waals surface area contributed by atoms with E-state index in [0.717, 1.165) is 6.54 Å². The van der Waals surface area contributed by atoms with Gasteiger partial charge in [-0.15, -0.1) is 0 Å². The second-order valence-electron chi connectivity index (χ2n) is 4.95. The Labute approximate surface area is 100 Å². The molecule has 0 saturated carbocycles. The zero-order valence-electron chi connectivity index (χ0n) is 11.0. The minimum atomic E-state index is 0.487. The van der Waals surface area contributed by atoms with E-state index in [4.69, 9.17) is 0 Å². The van der Waals surface area contributed by atoms with Crippen LogP contribution in [0.1, 0.15) is 45.7 Å². The minimum absolute atomic E-state index is 0.487. The highest BCUT2D eigenvalue weighted by atomic mass is 14.9. The van der Waals surface area contributed by atoms with Crippen molar-refractivity contribution in [2.75, 3.05) is 6.54 Å². The van der Waals surface area contributed by atoms with Crippen molar-refractivity contribution in [3.05, 3.63) is 35.9 Å². The molecule has 16 heavy (non-hydrogen) atoms. The lowest BCUT2D eigenvalue weighted by molar-refractivity contribution is 0.304. The van der Waals surface area contributed by atoms with Crippen LogP contribution in [0.5, 0.6) is 0 Å². The van der Waals surface area contributed by atoms with Gasteiger partial charge < -0.3 is 5.32 Å². The number of hydrogen-bond acceptors (Lipinski definition) is 1. The Morgan fingerprint density at radius 2 is 1.69 bits per heavy atom. The molecule has 0 heterocycles. The van der Waals surface area contributed by atoms with Crippen LogP contribution in [0, 0.1) is 11.8 Å². The second-order valence-corrected chi connectivity index (χ2v) is 4.95. The third-order valence-corrected chi connectivity index (χ3v) is 3.35. The first-order chi connectivity index (χ1) is 7.66. The smallest absolute Gasteiger partial charge is 0.0348 e. The fraction of sp³-hybridized carbons (Fsp3) is 0.600. The van der Waals surface area contributed by atoms with E-state index >= 15 is 0 Å². The summed E-state index contributed by atoms with van der Waals surface area (Å²) in [5, 5.41) is 3.67. The Kier molecular flexibility index (Phi) is 5.54. The second kappa shape index (κ2) is 6.70. The van der Waals surface area contributed by atoms with Crippen LogP contribution < -0.4 is 5.32 Å². The predicted molar refractivity (Wildman–Crippen MR) is 71.5 cm³/mol. The summed E-state index contributed by atoms with van der Waals surface area (Å²) in [4.78, 5) is 0. The molecule has 0 spiro atoms. The van der Waals surface area contributed by atoms with Gasteiger partial charge in [-0.3, -0.25) is 0 Å². The molecular formula is C15H25N. The van der Waals surface area contributed by atoms with Gasteiger partial charge in [0.05, 0.1) is 0 Å². The summed E-state index contributed by atoms with van der Waals surface area (Å²) in [6, 6.07) is 11.3. The molecule has 1 N–H and O–H groups in total. The van der Waals surface area contributed by atoms with Gasteiger partial charge in [0.15, 0.2) is 0 Å². The molecule has 2 atom stereocenters. The monoisotopic (exact) mass is 219 g/mol. The van der Waals surface area contributed by atoms with E-state index < -0.39 is 0 Å². The average molecular weight is 219 g/mol. The fourth-order valence-electron chi connectivity index (χ4n) is 1.95. The van der Waals surface area contributed by atoms with Crippen molar-refractivity contribution >= 4 is 0 Å². The van der Waals surface area contributed by atoms with Crippen LogP contribution in [0.2, 0.25) is 0 Å². The van der Waals surface area contributed by atoms with E-state index in [1.54, 1.807) is 0 Å². The van der Waals surface area contributed by atoms with Crippen molar-refractivity contribution in [1.82, 2.24) is 5.32 Å². The lowest BCUT2D eigenvalue weighted by atomic mass is 9.86. The van der Waals surface area contributed by atoms with Crippen molar-refractivity contribution in [2.45, 2.75) is 40.2 Å². The van der Waals surface area contributed by atoms with Crippen LogP contribution >= 0.6 is 0 Å². The topological polar surface area (TPSA) is 12.0 Å². The van der Waals surface area contributed by atoms with Crippen molar-refractivity contribution in [2.24, 2.45) is 11.8 Å². The summed E-state index contributed by atoms with van der Waals surface area (Å²) in [5.74, 6) is 1.36. The SMILES string of the molecule is CCCNC(c1ccccc1)C(C)C(C)C. The number of benzene rings is 1. The molecule has 1 rings (SSSR count). The molecule has 0 aliphatic carbocycles. The lowest BCUT2D eigenvalue weighted by Gasteiger charge is -2.28. The van der Waals surface area contributed by atoms with Crippen molar-refractivity contribution in [3.8, 4) is 0 Å². The minimum Gasteiger partial charge on any atom is -0.310 e. The van der Waals surface area contributed by atoms with Gasteiger partial charge in [0.2, 0.25) is 0 Å². The highest BCUT2D eigenvalue weighted by Crippen LogP contribution is 2.27. The molecule has 0 bridgehead atoms. The summed E-state index contributed by atoms with van der Waals surface area (Å²) in [6.07, 6.45) is 1.19. The van der Waals surface area contributed by atoms with Gasteiger partial charge >= 0.3 is 0 Å². The largest absolute Gasteiger partial charge is 0.310 e. The van der Waals surface area contributed by atoms with Gasteiger partial charge in [-0.25, -0.2) is 0 Å². The summed E-state index contributed by atoms with van der Waals surface area (Å²) < 4.78 is 0. The molecule has 0 saturated heterocycles. The standard InChI is InChI=1S/C15H25N/c1-5-11-16-15(13(4)12(2)3)14-9-7-6-8-10-14/h6-10,12-13,15-16H,5,11H2,1-4H3. The van der Waals surface area contributed by atoms with Gasteiger partial charge in [-0.05, 0) is 30.4 Å². The van der Waals surface area contributed by atoms with E-state index in [9.17, 15) is 0 Å². The number of hydrogen-bond donors (Lipinski definition) is 1. The Bertz CT molecular complexity index is 279. The maximum Gasteiger partial charge on any atom is 0.0348 e. The number of nitrogens with one attached hydrogen (secondary N) is 1. The van der Waals surface area contributed by atoms with Crippen LogP contribution in [0.4, 0.5) is 0 Å². The van der Waals surface area contributed by atoms with Gasteiger partial charge in [0.25, 0.3) is 0 Å². The maximum atomic E-state index is 3.67. The maximum absolute atomic E-state index is 3.67. The van der Waals surface area contributed by atoms with E-state index in [-0.39, 0.29) is 0 Å². The molecule has 1 nitrogen and oxygen atoms in total. The highest BCUT2D eigenvalue weighted by Gasteiger charge is 2.20. The summed E-state index contributed by atoms with van der Waals surface area (Å²) >= 11 is 0. The summed E-state index contributed by atoms with van der Waals surface area (Å²) in [6.45, 7) is 10.2. The zero-order valence-corrected chi connectivity index (χ0v) is 11.0. The third kappa shape index (κ3) is 3.64. The molecule has 0 aromatic heterocycles. The molecule has 1 aromatic rings. The Morgan fingerprint density at radius 1 is 1.06 bits per heavy atom. The van der Waals surface area contributed by atoms with Gasteiger partial charge in [0.1, 0.15) is 0 Å². The normalized spacial score (nSPS) is 15.1. The van der Waals surface area contributed by atoms with E-state index in [2.05, 4.69) is 63.3 Å². The Morgan fingerprint density at radius 3 is 2.19 bits per heavy atom. The first-order valence-corrected chi connectivity index (χ1v) is 6.45. The van der Waals surface area contributed by atoms with Crippen LogP contribution in [-0.2, 0) is 0 Å². The van der Waals surface area contributed by atoms with E-state index in [1.165, 1.54) is 12.0 Å². The van der Waals surface area contributed by atoms with Gasteiger partial charge in [-0.1, -0.05) is 58.0 Å². The van der Waals surface area contributed by atoms with Crippen LogP contribution in [-0.4, -0.2) is 6.54 Å². The van der Waals surface area contributed by atoms with E-state index in [0.29, 0.717) is 17.9 Å². The molecule has 0 aliphatic heterocycles. The molecule has 1 aromatic carbocycles. The zero-order chi connectivity index (χ0) is 12.0. The molecular weight excluding hydrogens is 194 g/mol. The number of rotatable bonds is 6. The predicted octanol–water partition coefficient (Wildman–Crippen LogP) is 4.02. The van der Waals surface area contributed by atoms with Crippen LogP contribution in [0.25, 0.3) is 0 Å². The quantitative estimate of drug-likeness (QED) is 0.762. The van der Waals surface area contributed by atoms with Crippen LogP contribution in [0.3, 0.4) is 0 Å². The molecule has 0 fully saturated rings. The molecule has 90 valence electrons. The van der Waals surface area contributed by atoms with Crippen molar-refractivity contribution < 1.29 is 0 Å². The molecule has 0 aliphatic rings. The van der Waals surface area contributed by atoms with E-state index in [1.807, 2.05) is 0 Å². The third-order valence-electron chi connectivity index (χ3n) is 3.35. The first-order valence-electron chi connectivity index (χ1n) is 6.45. The Balaban J connectivity index is 2.79. The average Bonchev–Trinajstić information content (AvgIpc) is 2.30. The van der Waals surface area contributed by atoms with Gasteiger partial charge in [0, 0.05) is 6.04 Å². The van der Waals surface area contributed by atoms with Crippen molar-refractivity contribution in [1.29, 1.82) is 0 Å². The molecule has 0 amide bonds. The summed E-state index contributed by atoms with van der Waals surface area (Å²) in [5.41, 5.74) is 1.41. The first kappa shape index (κ1) is 13.2. The summed E-state index contributed by atoms with van der Waals surface area (Å²) in [7, 11) is 0. The van der Waals surface area contributed by atoms with Gasteiger partial charge in [-0.2, -0.15) is 0 Å². The van der Waals surface area contributed by atoms with Crippen molar-refractivity contribution in [3.63, 3.8) is 0 Å². The Hall–Kier alpha value is -0.820. The molecule has 0 radical (unpaired) electrons. The molecule has 2 unspecified atom stereocenters. The van der Waals surface area contributed by atoms with Crippen LogP contribution in [0.15, 0.2) is 30.3 Å². The highest BCUT2D eigenvalue weighted by molar-refractivity contribution is 5.19. The lowest BCUT2D eigenvalue weighted by Crippen LogP contribution is -2.30. The fourth-order valence-corrected chi connectivity index (χ4v) is 1.95. The molecule has 1 heteroatoms.